The maximum Gasteiger partial charge on any atom is 2.00 e. The Balaban J connectivity index is 0.00000380. The van der Waals surface area contributed by atoms with E-state index >= 15 is 0 Å². The molecule has 1 aromatic heterocycles. The predicted octanol–water partition coefficient (Wildman–Crippen LogP) is 3.99. The molecule has 186 valence electrons. The van der Waals surface area contributed by atoms with Crippen molar-refractivity contribution < 1.29 is 31.5 Å². The Morgan fingerprint density at radius 2 is 1.54 bits per heavy atom. The van der Waals surface area contributed by atoms with Crippen LogP contribution in [0, 0.1) is 0 Å². The molecule has 0 aliphatic carbocycles. The zero-order chi connectivity index (χ0) is 25.3. The molecule has 3 aromatic carbocycles. The average Bonchev–Trinajstić information content (AvgIpc) is 2.91. The second-order valence-electron chi connectivity index (χ2n) is 7.74. The van der Waals surface area contributed by atoms with Crippen molar-refractivity contribution in [3.05, 3.63) is 142 Å². The summed E-state index contributed by atoms with van der Waals surface area (Å²) in [5, 5.41) is 24.6. The van der Waals surface area contributed by atoms with Crippen LogP contribution in [0.3, 0.4) is 0 Å². The number of carbonyl (C=O) groups excluding carboxylic acids is 1. The van der Waals surface area contributed by atoms with Crippen LogP contribution in [0.25, 0.3) is 0 Å². The van der Waals surface area contributed by atoms with Crippen molar-refractivity contribution in [2.75, 3.05) is 0 Å². The summed E-state index contributed by atoms with van der Waals surface area (Å²) in [5.74, 6) is -1.80. The summed E-state index contributed by atoms with van der Waals surface area (Å²) in [6, 6.07) is 28.8. The van der Waals surface area contributed by atoms with Gasteiger partial charge in [-0.3, -0.25) is 15.0 Å². The molecule has 0 atom stereocenters. The molecule has 0 unspecified atom stereocenters. The minimum atomic E-state index is -1.31. The number of para-hydroxylation sites is 1. The first-order valence-electron chi connectivity index (χ1n) is 11.1. The number of carboxylic acids is 1. The molecule has 0 aliphatic heterocycles. The van der Waals surface area contributed by atoms with Crippen LogP contribution in [0.4, 0.5) is 5.69 Å². The van der Waals surface area contributed by atoms with Crippen molar-refractivity contribution in [3.8, 4) is 0 Å². The number of nitrogens with zero attached hydrogens (tertiary/aromatic N) is 3. The van der Waals surface area contributed by atoms with Gasteiger partial charge in [0, 0.05) is 40.3 Å². The number of aromatic nitrogens is 1. The molecule has 0 N–H and O–H groups in total. The Morgan fingerprint density at radius 1 is 0.865 bits per heavy atom. The zero-order valence-electron chi connectivity index (χ0n) is 19.4. The van der Waals surface area contributed by atoms with Crippen LogP contribution in [0.15, 0.2) is 129 Å². The van der Waals surface area contributed by atoms with Crippen molar-refractivity contribution in [3.63, 3.8) is 0 Å². The second-order valence-corrected chi connectivity index (χ2v) is 8.65. The first kappa shape index (κ1) is 27.7. The van der Waals surface area contributed by atoms with E-state index in [1.807, 2.05) is 60.7 Å². The molecule has 0 aliphatic rings. The van der Waals surface area contributed by atoms with Gasteiger partial charge in [-0.1, -0.05) is 82.7 Å². The van der Waals surface area contributed by atoms with E-state index in [9.17, 15) is 15.0 Å². The Bertz CT molecular complexity index is 1440. The van der Waals surface area contributed by atoms with E-state index in [0.717, 1.165) is 15.6 Å². The molecule has 0 fully saturated rings. The molecule has 6 nitrogen and oxygen atoms in total. The minimum absolute atomic E-state index is 0. The monoisotopic (exact) mass is 595 g/mol. The maximum absolute atomic E-state index is 12.7. The molecular formula is C29H20BrN3NiO3. The van der Waals surface area contributed by atoms with Crippen LogP contribution in [-0.4, -0.2) is 22.6 Å². The number of aliphatic carboxylic acids is 1. The van der Waals surface area contributed by atoms with E-state index in [1.54, 1.807) is 36.4 Å². The van der Waals surface area contributed by atoms with Crippen LogP contribution < -0.4 is 10.2 Å². The normalized spacial score (nSPS) is 12.1. The number of hydrogen-bond donors (Lipinski definition) is 0. The summed E-state index contributed by atoms with van der Waals surface area (Å²) in [7, 11) is 0. The number of aliphatic imine (C=N–C) groups is 2. The van der Waals surface area contributed by atoms with Crippen LogP contribution in [0.5, 0.6) is 0 Å². The van der Waals surface area contributed by atoms with Gasteiger partial charge in [0.15, 0.2) is 0 Å². The molecular weight excluding hydrogens is 577 g/mol. The van der Waals surface area contributed by atoms with Gasteiger partial charge in [-0.05, 0) is 41.5 Å². The number of hydrogen-bond acceptors (Lipinski definition) is 6. The van der Waals surface area contributed by atoms with Gasteiger partial charge in [0.1, 0.15) is 0 Å². The molecule has 0 saturated heterocycles. The predicted molar refractivity (Wildman–Crippen MR) is 140 cm³/mol. The molecule has 0 spiro atoms. The van der Waals surface area contributed by atoms with Crippen molar-refractivity contribution in [2.45, 2.75) is 6.42 Å². The Kier molecular flexibility index (Phi) is 10.1. The van der Waals surface area contributed by atoms with Crippen molar-refractivity contribution in [1.29, 1.82) is 0 Å². The smallest absolute Gasteiger partial charge is 0.857 e. The fourth-order valence-corrected chi connectivity index (χ4v) is 3.72. The van der Waals surface area contributed by atoms with Gasteiger partial charge < -0.3 is 15.0 Å². The van der Waals surface area contributed by atoms with Crippen LogP contribution in [0.1, 0.15) is 22.4 Å². The summed E-state index contributed by atoms with van der Waals surface area (Å²) in [6.07, 6.45) is 2.98. The van der Waals surface area contributed by atoms with Crippen LogP contribution >= 0.6 is 15.9 Å². The van der Waals surface area contributed by atoms with E-state index in [2.05, 4.69) is 30.9 Å². The molecule has 4 aromatic rings. The van der Waals surface area contributed by atoms with E-state index in [0.29, 0.717) is 17.0 Å². The van der Waals surface area contributed by atoms with Gasteiger partial charge in [0.25, 0.3) is 0 Å². The summed E-state index contributed by atoms with van der Waals surface area (Å²) in [6.45, 7) is 0. The van der Waals surface area contributed by atoms with Gasteiger partial charge in [0.05, 0.1) is 23.1 Å². The standard InChI is InChI=1S/C29H22BrN3O3.Ni/c30-23-15-13-20(14-16-23)18-22(29(35)36)19-32-27(21-8-2-1-3-9-21)24-10-4-5-11-25(24)33-28(34)26-12-6-7-17-31-26;/h1-17,19H,18H2,(H,33,34)(H,35,36);/q;+2/p-2/b22-19-,32-27?;. The Hall–Kier alpha value is -3.87. The first-order valence-corrected chi connectivity index (χ1v) is 11.8. The first-order chi connectivity index (χ1) is 17.5. The molecule has 0 radical (unpaired) electrons. The fourth-order valence-electron chi connectivity index (χ4n) is 3.46. The van der Waals surface area contributed by atoms with E-state index < -0.39 is 11.9 Å². The van der Waals surface area contributed by atoms with Gasteiger partial charge in [-0.15, -0.1) is 0 Å². The summed E-state index contributed by atoms with van der Waals surface area (Å²) in [5.41, 5.74) is 3.23. The molecule has 0 bridgehead atoms. The Morgan fingerprint density at radius 3 is 2.22 bits per heavy atom. The van der Waals surface area contributed by atoms with E-state index in [-0.39, 0.29) is 34.2 Å². The molecule has 4 rings (SSSR count). The number of carbonyl (C=O) groups is 1. The number of halogens is 1. The van der Waals surface area contributed by atoms with Crippen molar-refractivity contribution >= 4 is 39.2 Å². The molecule has 0 saturated carbocycles. The third-order valence-electron chi connectivity index (χ3n) is 5.23. The number of pyridine rings is 1. The van der Waals surface area contributed by atoms with Gasteiger partial charge >= 0.3 is 16.5 Å². The Labute approximate surface area is 233 Å². The zero-order valence-corrected chi connectivity index (χ0v) is 21.9. The third-order valence-corrected chi connectivity index (χ3v) is 5.76. The number of benzene rings is 3. The average molecular weight is 597 g/mol. The third kappa shape index (κ3) is 7.56. The van der Waals surface area contributed by atoms with Crippen molar-refractivity contribution in [1.82, 2.24) is 4.98 Å². The fraction of sp³-hybridized carbons (Fsp3) is 0.0345. The summed E-state index contributed by atoms with van der Waals surface area (Å²) in [4.78, 5) is 24.8. The van der Waals surface area contributed by atoms with Gasteiger partial charge in [0.2, 0.25) is 0 Å². The number of rotatable bonds is 8. The largest absolute Gasteiger partial charge is 2.00 e. The number of carboxylic acid groups (broad SMARTS) is 1. The SMILES string of the molecule is O=C([O-])/C(=C\N=C(c1ccccc1)c1ccccc1N=C([O-])c1ccccn1)Cc1ccc(Br)cc1.[Ni+2]. The van der Waals surface area contributed by atoms with Crippen molar-refractivity contribution in [2.24, 2.45) is 9.98 Å². The topological polar surface area (TPSA) is 101 Å². The van der Waals surface area contributed by atoms with E-state index in [4.69, 9.17) is 0 Å². The molecule has 0 amide bonds. The molecule has 1 heterocycles. The van der Waals surface area contributed by atoms with Gasteiger partial charge in [-0.2, -0.15) is 0 Å². The minimum Gasteiger partial charge on any atom is -0.857 e. The molecule has 37 heavy (non-hydrogen) atoms. The summed E-state index contributed by atoms with van der Waals surface area (Å²) < 4.78 is 0.898. The van der Waals surface area contributed by atoms with Gasteiger partial charge in [-0.25, -0.2) is 0 Å². The maximum atomic E-state index is 12.7. The van der Waals surface area contributed by atoms with E-state index in [1.165, 1.54) is 12.4 Å². The quantitative estimate of drug-likeness (QED) is 0.133. The second kappa shape index (κ2) is 13.4. The van der Waals surface area contributed by atoms with Crippen LogP contribution in [-0.2, 0) is 27.7 Å². The molecule has 8 heteroatoms. The summed E-state index contributed by atoms with van der Waals surface area (Å²) >= 11 is 3.38. The van der Waals surface area contributed by atoms with Crippen LogP contribution in [0.2, 0.25) is 0 Å².